The minimum Gasteiger partial charge on any atom is -0.462 e. The van der Waals surface area contributed by atoms with Crippen LogP contribution < -0.4 is 0 Å². The number of phosphoric ester groups is 1. The van der Waals surface area contributed by atoms with Crippen LogP contribution in [-0.4, -0.2) is 65.7 Å². The maximum atomic E-state index is 12.6. The SMILES string of the molecule is CCCCC/C=C\C/C=C\C/C=C\C/C=C\CCCCCC(=O)OC[C@H](COP(=O)(O)OC[C@@H](O)CO)OC(=O)CCCCC/C=C\C/C=C\C/C=C\C/C=C\CCCCC. The molecule has 0 spiro atoms. The molecule has 1 unspecified atom stereocenters. The summed E-state index contributed by atoms with van der Waals surface area (Å²) in [5.41, 5.74) is 0. The monoisotopic (exact) mass is 875 g/mol. The van der Waals surface area contributed by atoms with Gasteiger partial charge < -0.3 is 24.6 Å². The van der Waals surface area contributed by atoms with Gasteiger partial charge in [-0.3, -0.25) is 18.6 Å². The summed E-state index contributed by atoms with van der Waals surface area (Å²) in [6, 6.07) is 0. The predicted molar refractivity (Wildman–Crippen MR) is 251 cm³/mol. The van der Waals surface area contributed by atoms with E-state index in [0.29, 0.717) is 12.8 Å². The van der Waals surface area contributed by atoms with Crippen LogP contribution in [0.15, 0.2) is 97.2 Å². The van der Waals surface area contributed by atoms with Gasteiger partial charge in [-0.15, -0.1) is 0 Å². The second-order valence-corrected chi connectivity index (χ2v) is 16.5. The number of ether oxygens (including phenoxy) is 2. The molecule has 0 fully saturated rings. The molecule has 0 saturated heterocycles. The first-order valence-electron chi connectivity index (χ1n) is 23.2. The third kappa shape index (κ3) is 44.7. The molecule has 0 amide bonds. The molecule has 0 aromatic heterocycles. The highest BCUT2D eigenvalue weighted by Crippen LogP contribution is 2.43. The van der Waals surface area contributed by atoms with Gasteiger partial charge in [-0.2, -0.15) is 0 Å². The minimum atomic E-state index is -4.64. The van der Waals surface area contributed by atoms with E-state index in [2.05, 4.69) is 116 Å². The first-order chi connectivity index (χ1) is 29.7. The summed E-state index contributed by atoms with van der Waals surface area (Å²) >= 11 is 0. The predicted octanol–water partition coefficient (Wildman–Crippen LogP) is 12.8. The van der Waals surface area contributed by atoms with E-state index in [-0.39, 0.29) is 19.4 Å². The molecule has 0 heterocycles. The third-order valence-corrected chi connectivity index (χ3v) is 10.2. The number of allylic oxidation sites excluding steroid dienone is 16. The third-order valence-electron chi connectivity index (χ3n) is 9.21. The Hall–Kier alpha value is -3.11. The molecule has 0 aromatic carbocycles. The molecule has 0 bridgehead atoms. The van der Waals surface area contributed by atoms with Gasteiger partial charge in [-0.05, 0) is 103 Å². The van der Waals surface area contributed by atoms with Crippen LogP contribution in [-0.2, 0) is 32.7 Å². The van der Waals surface area contributed by atoms with Crippen molar-refractivity contribution in [1.82, 2.24) is 0 Å². The van der Waals surface area contributed by atoms with Crippen LogP contribution in [0, 0.1) is 0 Å². The van der Waals surface area contributed by atoms with Gasteiger partial charge in [-0.1, -0.05) is 150 Å². The number of unbranched alkanes of at least 4 members (excludes halogenated alkanes) is 12. The number of rotatable bonds is 42. The molecule has 11 heteroatoms. The zero-order valence-electron chi connectivity index (χ0n) is 37.8. The van der Waals surface area contributed by atoms with Gasteiger partial charge >= 0.3 is 19.8 Å². The molecule has 61 heavy (non-hydrogen) atoms. The van der Waals surface area contributed by atoms with Crippen molar-refractivity contribution in [1.29, 1.82) is 0 Å². The number of phosphoric acid groups is 1. The average Bonchev–Trinajstić information content (AvgIpc) is 3.25. The summed E-state index contributed by atoms with van der Waals surface area (Å²) in [5.74, 6) is -1.01. The molecule has 0 aromatic rings. The van der Waals surface area contributed by atoms with Gasteiger partial charge in [0.2, 0.25) is 0 Å². The Kier molecular flexibility index (Phi) is 42.6. The molecular formula is C50H83O10P. The lowest BCUT2D eigenvalue weighted by Gasteiger charge is -2.20. The Balaban J connectivity index is 4.41. The number of aliphatic hydroxyl groups excluding tert-OH is 2. The quantitative estimate of drug-likeness (QED) is 0.0234. The maximum absolute atomic E-state index is 12.6. The average molecular weight is 875 g/mol. The summed E-state index contributed by atoms with van der Waals surface area (Å²) in [6.07, 6.45) is 55.1. The van der Waals surface area contributed by atoms with Crippen LogP contribution in [0.3, 0.4) is 0 Å². The summed E-state index contributed by atoms with van der Waals surface area (Å²) in [7, 11) is -4.64. The van der Waals surface area contributed by atoms with Gasteiger partial charge in [0.1, 0.15) is 12.7 Å². The van der Waals surface area contributed by atoms with Crippen LogP contribution in [0.4, 0.5) is 0 Å². The van der Waals surface area contributed by atoms with E-state index in [1.807, 2.05) is 0 Å². The molecule has 0 aliphatic heterocycles. The van der Waals surface area contributed by atoms with E-state index in [1.54, 1.807) is 0 Å². The molecule has 348 valence electrons. The molecule has 0 aliphatic carbocycles. The highest BCUT2D eigenvalue weighted by molar-refractivity contribution is 7.47. The lowest BCUT2D eigenvalue weighted by Crippen LogP contribution is -2.29. The van der Waals surface area contributed by atoms with Crippen LogP contribution >= 0.6 is 7.82 Å². The molecule has 3 atom stereocenters. The second kappa shape index (κ2) is 44.9. The number of carbonyl (C=O) groups excluding carboxylic acids is 2. The lowest BCUT2D eigenvalue weighted by atomic mass is 10.1. The highest BCUT2D eigenvalue weighted by atomic mass is 31.2. The van der Waals surface area contributed by atoms with E-state index in [0.717, 1.165) is 77.0 Å². The van der Waals surface area contributed by atoms with Crippen molar-refractivity contribution in [2.75, 3.05) is 26.4 Å². The Morgan fingerprint density at radius 1 is 0.492 bits per heavy atom. The fraction of sp³-hybridized carbons (Fsp3) is 0.640. The van der Waals surface area contributed by atoms with Gasteiger partial charge in [0.25, 0.3) is 0 Å². The fourth-order valence-electron chi connectivity index (χ4n) is 5.61. The number of hydrogen-bond acceptors (Lipinski definition) is 9. The first kappa shape index (κ1) is 57.9. The van der Waals surface area contributed by atoms with Crippen molar-refractivity contribution in [2.45, 2.75) is 180 Å². The molecule has 0 radical (unpaired) electrons. The Labute approximate surface area is 370 Å². The highest BCUT2D eigenvalue weighted by Gasteiger charge is 2.27. The number of carbonyl (C=O) groups is 2. The molecule has 0 rings (SSSR count). The van der Waals surface area contributed by atoms with E-state index in [4.69, 9.17) is 19.1 Å². The summed E-state index contributed by atoms with van der Waals surface area (Å²) in [6.45, 7) is 2.23. The topological polar surface area (TPSA) is 149 Å². The summed E-state index contributed by atoms with van der Waals surface area (Å²) in [4.78, 5) is 35.1. The van der Waals surface area contributed by atoms with Gasteiger partial charge in [0.15, 0.2) is 6.10 Å². The zero-order valence-corrected chi connectivity index (χ0v) is 38.7. The van der Waals surface area contributed by atoms with Gasteiger partial charge in [0.05, 0.1) is 19.8 Å². The fourth-order valence-corrected chi connectivity index (χ4v) is 6.39. The smallest absolute Gasteiger partial charge is 0.462 e. The molecule has 0 saturated carbocycles. The van der Waals surface area contributed by atoms with E-state index >= 15 is 0 Å². The van der Waals surface area contributed by atoms with E-state index in [9.17, 15) is 24.2 Å². The Morgan fingerprint density at radius 2 is 0.852 bits per heavy atom. The van der Waals surface area contributed by atoms with Gasteiger partial charge in [-0.25, -0.2) is 4.57 Å². The molecule has 0 aliphatic rings. The van der Waals surface area contributed by atoms with Crippen LogP contribution in [0.25, 0.3) is 0 Å². The number of hydrogen-bond donors (Lipinski definition) is 3. The van der Waals surface area contributed by atoms with Crippen molar-refractivity contribution in [2.24, 2.45) is 0 Å². The van der Waals surface area contributed by atoms with Gasteiger partial charge in [0, 0.05) is 12.8 Å². The normalized spacial score (nSPS) is 14.6. The molecule has 3 N–H and O–H groups in total. The van der Waals surface area contributed by atoms with E-state index in [1.165, 1.54) is 51.4 Å². The standard InChI is InChI=1S/C50H83O10P/c1-3-5-7-9-11-13-15-17-19-21-23-25-27-29-31-33-35-37-39-41-49(53)57-45-48(46-59-61(55,56)58-44-47(52)43-51)60-50(54)42-40-38-36-34-32-30-28-26-24-22-20-18-16-14-12-10-8-6-4-2/h11-14,17-20,23-26,29-32,47-48,51-52H,3-10,15-16,21-22,27-28,33-46H2,1-2H3,(H,55,56)/b13-11-,14-12-,19-17-,20-18-,25-23-,26-24-,31-29-,32-30-/t47-,48+/m0/s1. The zero-order chi connectivity index (χ0) is 44.8. The Morgan fingerprint density at radius 3 is 1.25 bits per heavy atom. The van der Waals surface area contributed by atoms with E-state index < -0.39 is 51.8 Å². The summed E-state index contributed by atoms with van der Waals surface area (Å²) < 4.78 is 32.7. The Bertz CT molecular complexity index is 1330. The van der Waals surface area contributed by atoms with Crippen molar-refractivity contribution in [3.63, 3.8) is 0 Å². The van der Waals surface area contributed by atoms with Crippen LogP contribution in [0.2, 0.25) is 0 Å². The van der Waals surface area contributed by atoms with Crippen molar-refractivity contribution in [3.05, 3.63) is 97.2 Å². The first-order valence-corrected chi connectivity index (χ1v) is 24.7. The minimum absolute atomic E-state index is 0.133. The molecular weight excluding hydrogens is 792 g/mol. The van der Waals surface area contributed by atoms with Crippen LogP contribution in [0.1, 0.15) is 168 Å². The largest absolute Gasteiger partial charge is 0.472 e. The van der Waals surface area contributed by atoms with Crippen LogP contribution in [0.5, 0.6) is 0 Å². The summed E-state index contributed by atoms with van der Waals surface area (Å²) in [5, 5.41) is 18.4. The van der Waals surface area contributed by atoms with Crippen molar-refractivity contribution in [3.8, 4) is 0 Å². The second-order valence-electron chi connectivity index (χ2n) is 15.1. The van der Waals surface area contributed by atoms with Crippen molar-refractivity contribution >= 4 is 19.8 Å². The number of esters is 2. The number of aliphatic hydroxyl groups is 2. The molecule has 10 nitrogen and oxygen atoms in total. The van der Waals surface area contributed by atoms with Crippen molar-refractivity contribution < 1.29 is 47.8 Å². The maximum Gasteiger partial charge on any atom is 0.472 e. The lowest BCUT2D eigenvalue weighted by molar-refractivity contribution is -0.161.